The van der Waals surface area contributed by atoms with E-state index in [2.05, 4.69) is 26.6 Å². The number of nitrogens with two attached hydrogens (primary N) is 1. The van der Waals surface area contributed by atoms with E-state index in [1.807, 2.05) is 6.20 Å². The molecule has 90 valence electrons. The van der Waals surface area contributed by atoms with Crippen molar-refractivity contribution in [2.45, 2.75) is 38.1 Å². The Hall–Kier alpha value is -1.29. The molecular weight excluding hydrogens is 230 g/mol. The van der Waals surface area contributed by atoms with Crippen molar-refractivity contribution in [3.05, 3.63) is 23.0 Å². The van der Waals surface area contributed by atoms with Crippen molar-refractivity contribution in [1.29, 1.82) is 0 Å². The van der Waals surface area contributed by atoms with Gasteiger partial charge in [-0.2, -0.15) is 16.4 Å². The van der Waals surface area contributed by atoms with Crippen LogP contribution in [0.1, 0.15) is 38.1 Å². The molecule has 1 aliphatic rings. The summed E-state index contributed by atoms with van der Waals surface area (Å²) < 4.78 is 2.08. The van der Waals surface area contributed by atoms with Crippen LogP contribution in [0, 0.1) is 0 Å². The predicted molar refractivity (Wildman–Crippen MR) is 72.1 cm³/mol. The highest BCUT2D eigenvalue weighted by Gasteiger charge is 2.18. The minimum absolute atomic E-state index is 0.554. The largest absolute Gasteiger partial charge is 0.396 e. The monoisotopic (exact) mass is 247 g/mol. The summed E-state index contributed by atoms with van der Waals surface area (Å²) in [6.07, 6.45) is 8.48. The molecule has 0 atom stereocenters. The van der Waals surface area contributed by atoms with Gasteiger partial charge in [-0.3, -0.25) is 4.68 Å². The van der Waals surface area contributed by atoms with E-state index >= 15 is 0 Å². The molecule has 2 N–H and O–H groups in total. The Kier molecular flexibility index (Phi) is 2.89. The molecule has 3 nitrogen and oxygen atoms in total. The number of hydrogen-bond acceptors (Lipinski definition) is 3. The van der Waals surface area contributed by atoms with Gasteiger partial charge in [-0.1, -0.05) is 19.3 Å². The number of nitrogen functional groups attached to an aromatic ring is 1. The van der Waals surface area contributed by atoms with Gasteiger partial charge in [-0.15, -0.1) is 0 Å². The molecule has 0 amide bonds. The number of thiophene rings is 1. The third-order valence-electron chi connectivity index (χ3n) is 3.50. The minimum Gasteiger partial charge on any atom is -0.396 e. The van der Waals surface area contributed by atoms with Crippen LogP contribution in [0.25, 0.3) is 11.3 Å². The first-order valence-corrected chi connectivity index (χ1v) is 7.16. The maximum absolute atomic E-state index is 6.06. The summed E-state index contributed by atoms with van der Waals surface area (Å²) in [6.45, 7) is 0. The van der Waals surface area contributed by atoms with E-state index in [0.717, 1.165) is 16.9 Å². The molecule has 4 heteroatoms. The van der Waals surface area contributed by atoms with E-state index in [9.17, 15) is 0 Å². The molecule has 0 unspecified atom stereocenters. The van der Waals surface area contributed by atoms with Gasteiger partial charge in [0.05, 0.1) is 11.7 Å². The van der Waals surface area contributed by atoms with Crippen LogP contribution in [0.5, 0.6) is 0 Å². The van der Waals surface area contributed by atoms with E-state index < -0.39 is 0 Å². The summed E-state index contributed by atoms with van der Waals surface area (Å²) in [7, 11) is 0. The third kappa shape index (κ3) is 2.09. The molecule has 0 bridgehead atoms. The molecule has 3 rings (SSSR count). The highest BCUT2D eigenvalue weighted by atomic mass is 32.1. The Morgan fingerprint density at radius 3 is 2.82 bits per heavy atom. The van der Waals surface area contributed by atoms with Gasteiger partial charge in [0, 0.05) is 17.1 Å². The molecule has 2 aromatic heterocycles. The van der Waals surface area contributed by atoms with Gasteiger partial charge in [-0.25, -0.2) is 0 Å². The zero-order valence-corrected chi connectivity index (χ0v) is 10.6. The molecule has 2 heterocycles. The molecule has 0 aromatic carbocycles. The average molecular weight is 247 g/mol. The molecule has 0 saturated heterocycles. The van der Waals surface area contributed by atoms with Crippen LogP contribution in [0.2, 0.25) is 0 Å². The summed E-state index contributed by atoms with van der Waals surface area (Å²) in [5, 5.41) is 8.84. The van der Waals surface area contributed by atoms with Crippen molar-refractivity contribution < 1.29 is 0 Å². The van der Waals surface area contributed by atoms with E-state index in [-0.39, 0.29) is 0 Å². The lowest BCUT2D eigenvalue weighted by atomic mass is 9.96. The quantitative estimate of drug-likeness (QED) is 0.879. The van der Waals surface area contributed by atoms with Gasteiger partial charge in [0.15, 0.2) is 0 Å². The first-order valence-electron chi connectivity index (χ1n) is 6.22. The number of hydrogen-bond donors (Lipinski definition) is 1. The van der Waals surface area contributed by atoms with Crippen molar-refractivity contribution in [2.24, 2.45) is 0 Å². The summed E-state index contributed by atoms with van der Waals surface area (Å²) in [5.74, 6) is 0. The second kappa shape index (κ2) is 4.53. The van der Waals surface area contributed by atoms with Crippen molar-refractivity contribution >= 4 is 17.0 Å². The van der Waals surface area contributed by atoms with Crippen LogP contribution in [0.15, 0.2) is 23.0 Å². The number of aromatic nitrogens is 2. The minimum atomic E-state index is 0.554. The van der Waals surface area contributed by atoms with Gasteiger partial charge in [-0.05, 0) is 24.3 Å². The van der Waals surface area contributed by atoms with Gasteiger partial charge >= 0.3 is 0 Å². The van der Waals surface area contributed by atoms with Crippen LogP contribution in [0.3, 0.4) is 0 Å². The Labute approximate surface area is 105 Å². The van der Waals surface area contributed by atoms with Crippen LogP contribution in [0.4, 0.5) is 5.69 Å². The lowest BCUT2D eigenvalue weighted by Gasteiger charge is -2.21. The summed E-state index contributed by atoms with van der Waals surface area (Å²) >= 11 is 1.68. The number of anilines is 1. The molecular formula is C13H17N3S. The highest BCUT2D eigenvalue weighted by molar-refractivity contribution is 7.08. The number of rotatable bonds is 2. The second-order valence-corrected chi connectivity index (χ2v) is 5.50. The topological polar surface area (TPSA) is 43.8 Å². The first kappa shape index (κ1) is 10.8. The van der Waals surface area contributed by atoms with Crippen molar-refractivity contribution in [3.8, 4) is 11.3 Å². The van der Waals surface area contributed by atoms with Crippen molar-refractivity contribution in [3.63, 3.8) is 0 Å². The fourth-order valence-electron chi connectivity index (χ4n) is 2.56. The number of nitrogens with zero attached hydrogens (tertiary/aromatic N) is 2. The first-order chi connectivity index (χ1) is 8.34. The second-order valence-electron chi connectivity index (χ2n) is 4.72. The van der Waals surface area contributed by atoms with E-state index in [4.69, 9.17) is 5.73 Å². The standard InChI is InChI=1S/C13H17N3S/c14-12-8-16(11-4-2-1-3-5-11)15-13(12)10-6-7-17-9-10/h6-9,11H,1-5,14H2. The van der Waals surface area contributed by atoms with E-state index in [1.54, 1.807) is 11.3 Å². The summed E-state index contributed by atoms with van der Waals surface area (Å²) in [6, 6.07) is 2.63. The van der Waals surface area contributed by atoms with Gasteiger partial charge in [0.1, 0.15) is 5.69 Å². The molecule has 0 aliphatic heterocycles. The third-order valence-corrected chi connectivity index (χ3v) is 4.19. The highest BCUT2D eigenvalue weighted by Crippen LogP contribution is 2.32. The SMILES string of the molecule is Nc1cn(C2CCCCC2)nc1-c1ccsc1. The molecule has 0 spiro atoms. The molecule has 0 radical (unpaired) electrons. The maximum Gasteiger partial charge on any atom is 0.116 e. The van der Waals surface area contributed by atoms with Crippen LogP contribution in [-0.4, -0.2) is 9.78 Å². The lowest BCUT2D eigenvalue weighted by molar-refractivity contribution is 0.330. The summed E-state index contributed by atoms with van der Waals surface area (Å²) in [5.41, 5.74) is 8.94. The van der Waals surface area contributed by atoms with E-state index in [0.29, 0.717) is 6.04 Å². The fraction of sp³-hybridized carbons (Fsp3) is 0.462. The van der Waals surface area contributed by atoms with Crippen molar-refractivity contribution in [1.82, 2.24) is 9.78 Å². The Morgan fingerprint density at radius 1 is 1.29 bits per heavy atom. The zero-order valence-electron chi connectivity index (χ0n) is 9.80. The molecule has 17 heavy (non-hydrogen) atoms. The smallest absolute Gasteiger partial charge is 0.116 e. The maximum atomic E-state index is 6.06. The Bertz CT molecular complexity index is 481. The van der Waals surface area contributed by atoms with Gasteiger partial charge in [0.2, 0.25) is 0 Å². The normalized spacial score (nSPS) is 17.4. The van der Waals surface area contributed by atoms with Crippen LogP contribution < -0.4 is 5.73 Å². The summed E-state index contributed by atoms with van der Waals surface area (Å²) in [4.78, 5) is 0. The zero-order chi connectivity index (χ0) is 11.7. The lowest BCUT2D eigenvalue weighted by Crippen LogP contribution is -2.13. The Morgan fingerprint density at radius 2 is 2.12 bits per heavy atom. The van der Waals surface area contributed by atoms with E-state index in [1.165, 1.54) is 32.1 Å². The fourth-order valence-corrected chi connectivity index (χ4v) is 3.20. The van der Waals surface area contributed by atoms with Crippen LogP contribution >= 0.6 is 11.3 Å². The molecule has 1 saturated carbocycles. The van der Waals surface area contributed by atoms with Crippen LogP contribution in [-0.2, 0) is 0 Å². The molecule has 1 aliphatic carbocycles. The molecule has 2 aromatic rings. The van der Waals surface area contributed by atoms with Crippen molar-refractivity contribution in [2.75, 3.05) is 5.73 Å². The average Bonchev–Trinajstić information content (AvgIpc) is 2.99. The Balaban J connectivity index is 1.90. The van der Waals surface area contributed by atoms with Gasteiger partial charge < -0.3 is 5.73 Å². The molecule has 1 fully saturated rings. The van der Waals surface area contributed by atoms with Gasteiger partial charge in [0.25, 0.3) is 0 Å². The predicted octanol–water partition coefficient (Wildman–Crippen LogP) is 3.70.